The van der Waals surface area contributed by atoms with Crippen LogP contribution in [0.15, 0.2) is 48.5 Å². The van der Waals surface area contributed by atoms with Crippen LogP contribution < -0.4 is 5.32 Å². The molecule has 1 fully saturated rings. The van der Waals surface area contributed by atoms with Crippen molar-refractivity contribution in [3.8, 4) is 0 Å². The lowest BCUT2D eigenvalue weighted by Crippen LogP contribution is -2.36. The molecule has 1 aliphatic rings. The van der Waals surface area contributed by atoms with Crippen molar-refractivity contribution < 1.29 is 18.4 Å². The monoisotopic (exact) mass is 386 g/mol. The Hall–Kier alpha value is -2.76. The molecule has 0 saturated carbocycles. The molecule has 148 valence electrons. The van der Waals surface area contributed by atoms with Crippen LogP contribution in [-0.2, 0) is 4.79 Å². The molecule has 1 N–H and O–H groups in total. The van der Waals surface area contributed by atoms with E-state index < -0.39 is 17.6 Å². The van der Waals surface area contributed by atoms with Gasteiger partial charge in [0.25, 0.3) is 5.91 Å². The van der Waals surface area contributed by atoms with E-state index >= 15 is 0 Å². The largest absolute Gasteiger partial charge is 0.356 e. The summed E-state index contributed by atoms with van der Waals surface area (Å²) in [7, 11) is 0. The number of carbonyl (C=O) groups excluding carboxylic acids is 2. The van der Waals surface area contributed by atoms with Crippen LogP contribution >= 0.6 is 0 Å². The van der Waals surface area contributed by atoms with Crippen LogP contribution in [0, 0.1) is 17.6 Å². The molecule has 0 aliphatic carbocycles. The lowest BCUT2D eigenvalue weighted by Gasteiger charge is -2.18. The minimum absolute atomic E-state index is 0.0208. The van der Waals surface area contributed by atoms with E-state index in [-0.39, 0.29) is 36.3 Å². The molecule has 1 heterocycles. The number of rotatable bonds is 6. The van der Waals surface area contributed by atoms with Crippen molar-refractivity contribution in [3.05, 3.63) is 71.3 Å². The summed E-state index contributed by atoms with van der Waals surface area (Å²) in [6.45, 7) is 3.00. The fourth-order valence-corrected chi connectivity index (χ4v) is 3.63. The predicted octanol–water partition coefficient (Wildman–Crippen LogP) is 3.74. The van der Waals surface area contributed by atoms with Crippen LogP contribution in [0.1, 0.15) is 41.6 Å². The second-order valence-electron chi connectivity index (χ2n) is 7.10. The van der Waals surface area contributed by atoms with E-state index in [1.54, 1.807) is 18.2 Å². The first-order valence-corrected chi connectivity index (χ1v) is 9.58. The van der Waals surface area contributed by atoms with Gasteiger partial charge in [-0.05, 0) is 36.2 Å². The summed E-state index contributed by atoms with van der Waals surface area (Å²) < 4.78 is 27.8. The SMILES string of the molecule is CCCCNC(=O)[C@@H]1CN(C(=O)c2ccccc2F)C[C@H]1c1cccc(F)c1. The van der Waals surface area contributed by atoms with Crippen LogP contribution in [0.4, 0.5) is 8.78 Å². The summed E-state index contributed by atoms with van der Waals surface area (Å²) in [5.41, 5.74) is 0.645. The van der Waals surface area contributed by atoms with E-state index in [9.17, 15) is 18.4 Å². The molecule has 2 amide bonds. The highest BCUT2D eigenvalue weighted by molar-refractivity contribution is 5.95. The van der Waals surface area contributed by atoms with Crippen molar-refractivity contribution in [1.82, 2.24) is 10.2 Å². The molecule has 4 nitrogen and oxygen atoms in total. The van der Waals surface area contributed by atoms with Crippen molar-refractivity contribution in [2.75, 3.05) is 19.6 Å². The number of nitrogens with one attached hydrogen (secondary N) is 1. The summed E-state index contributed by atoms with van der Waals surface area (Å²) >= 11 is 0. The second-order valence-corrected chi connectivity index (χ2v) is 7.10. The van der Waals surface area contributed by atoms with E-state index in [1.165, 1.54) is 35.2 Å². The number of unbranched alkanes of at least 4 members (excludes halogenated alkanes) is 1. The Labute approximate surface area is 163 Å². The van der Waals surface area contributed by atoms with E-state index in [1.807, 2.05) is 6.92 Å². The third-order valence-corrected chi connectivity index (χ3v) is 5.15. The topological polar surface area (TPSA) is 49.4 Å². The number of halogens is 2. The van der Waals surface area contributed by atoms with Crippen molar-refractivity contribution in [2.45, 2.75) is 25.7 Å². The zero-order valence-electron chi connectivity index (χ0n) is 15.8. The highest BCUT2D eigenvalue weighted by Crippen LogP contribution is 2.34. The smallest absolute Gasteiger partial charge is 0.256 e. The number of likely N-dealkylation sites (tertiary alicyclic amines) is 1. The minimum Gasteiger partial charge on any atom is -0.356 e. The Morgan fingerprint density at radius 3 is 2.61 bits per heavy atom. The van der Waals surface area contributed by atoms with Gasteiger partial charge >= 0.3 is 0 Å². The van der Waals surface area contributed by atoms with Crippen molar-refractivity contribution in [2.24, 2.45) is 5.92 Å². The van der Waals surface area contributed by atoms with E-state index in [0.29, 0.717) is 12.1 Å². The molecule has 0 spiro atoms. The van der Waals surface area contributed by atoms with Gasteiger partial charge in [-0.2, -0.15) is 0 Å². The first-order chi connectivity index (χ1) is 13.5. The highest BCUT2D eigenvalue weighted by Gasteiger charge is 2.41. The first-order valence-electron chi connectivity index (χ1n) is 9.58. The Morgan fingerprint density at radius 2 is 1.89 bits per heavy atom. The van der Waals surface area contributed by atoms with Gasteiger partial charge in [-0.15, -0.1) is 0 Å². The van der Waals surface area contributed by atoms with Gasteiger partial charge in [0.2, 0.25) is 5.91 Å². The van der Waals surface area contributed by atoms with Gasteiger partial charge in [0.1, 0.15) is 11.6 Å². The fraction of sp³-hybridized carbons (Fsp3) is 0.364. The number of hydrogen-bond acceptors (Lipinski definition) is 2. The molecule has 1 aliphatic heterocycles. The van der Waals surface area contributed by atoms with Crippen LogP contribution in [0.2, 0.25) is 0 Å². The number of amides is 2. The van der Waals surface area contributed by atoms with Gasteiger partial charge in [-0.25, -0.2) is 8.78 Å². The Bertz CT molecular complexity index is 856. The van der Waals surface area contributed by atoms with E-state index in [4.69, 9.17) is 0 Å². The molecule has 0 radical (unpaired) electrons. The molecule has 6 heteroatoms. The lowest BCUT2D eigenvalue weighted by atomic mass is 9.88. The summed E-state index contributed by atoms with van der Waals surface area (Å²) in [5, 5.41) is 2.91. The molecular formula is C22H24F2N2O2. The van der Waals surface area contributed by atoms with Gasteiger partial charge in [0, 0.05) is 25.6 Å². The zero-order valence-corrected chi connectivity index (χ0v) is 15.8. The number of benzene rings is 2. The average molecular weight is 386 g/mol. The van der Waals surface area contributed by atoms with Gasteiger partial charge in [0.15, 0.2) is 0 Å². The molecule has 28 heavy (non-hydrogen) atoms. The van der Waals surface area contributed by atoms with Crippen molar-refractivity contribution >= 4 is 11.8 Å². The average Bonchev–Trinajstić information content (AvgIpc) is 3.13. The third kappa shape index (κ3) is 4.38. The van der Waals surface area contributed by atoms with E-state index in [0.717, 1.165) is 12.8 Å². The first kappa shape index (κ1) is 20.0. The predicted molar refractivity (Wildman–Crippen MR) is 103 cm³/mol. The maximum absolute atomic E-state index is 14.1. The normalized spacial score (nSPS) is 18.9. The molecule has 2 atom stereocenters. The Morgan fingerprint density at radius 1 is 1.11 bits per heavy atom. The molecule has 1 saturated heterocycles. The number of hydrogen-bond donors (Lipinski definition) is 1. The van der Waals surface area contributed by atoms with Crippen LogP contribution in [-0.4, -0.2) is 36.3 Å². The standard InChI is InChI=1S/C22H24F2N2O2/c1-2-3-11-25-21(27)19-14-26(22(28)17-9-4-5-10-20(17)24)13-18(19)15-7-6-8-16(23)12-15/h4-10,12,18-19H,2-3,11,13-14H2,1H3,(H,25,27)/t18-,19+/m0/s1. The molecule has 2 aromatic rings. The summed E-state index contributed by atoms with van der Waals surface area (Å²) in [4.78, 5) is 27.0. The van der Waals surface area contributed by atoms with Crippen LogP contribution in [0.3, 0.4) is 0 Å². The molecule has 3 rings (SSSR count). The molecule has 0 unspecified atom stereocenters. The van der Waals surface area contributed by atoms with Gasteiger partial charge in [-0.3, -0.25) is 9.59 Å². The van der Waals surface area contributed by atoms with Gasteiger partial charge in [-0.1, -0.05) is 37.6 Å². The minimum atomic E-state index is -0.592. The number of nitrogens with zero attached hydrogens (tertiary/aromatic N) is 1. The Kier molecular flexibility index (Phi) is 6.39. The Balaban J connectivity index is 1.84. The van der Waals surface area contributed by atoms with Crippen molar-refractivity contribution in [3.63, 3.8) is 0 Å². The van der Waals surface area contributed by atoms with Crippen molar-refractivity contribution in [1.29, 1.82) is 0 Å². The number of carbonyl (C=O) groups is 2. The maximum Gasteiger partial charge on any atom is 0.256 e. The summed E-state index contributed by atoms with van der Waals surface area (Å²) in [5.74, 6) is -2.44. The molecule has 2 aromatic carbocycles. The van der Waals surface area contributed by atoms with Crippen LogP contribution in [0.5, 0.6) is 0 Å². The molecule has 0 bridgehead atoms. The van der Waals surface area contributed by atoms with Gasteiger partial charge < -0.3 is 10.2 Å². The summed E-state index contributed by atoms with van der Waals surface area (Å²) in [6.07, 6.45) is 1.82. The summed E-state index contributed by atoms with van der Waals surface area (Å²) in [6, 6.07) is 11.9. The highest BCUT2D eigenvalue weighted by atomic mass is 19.1. The van der Waals surface area contributed by atoms with Gasteiger partial charge in [0.05, 0.1) is 11.5 Å². The second kappa shape index (κ2) is 8.95. The third-order valence-electron chi connectivity index (χ3n) is 5.15. The molecular weight excluding hydrogens is 362 g/mol. The maximum atomic E-state index is 14.1. The van der Waals surface area contributed by atoms with E-state index in [2.05, 4.69) is 5.32 Å². The lowest BCUT2D eigenvalue weighted by molar-refractivity contribution is -0.124. The molecule has 0 aromatic heterocycles. The van der Waals surface area contributed by atoms with Crippen LogP contribution in [0.25, 0.3) is 0 Å². The fourth-order valence-electron chi connectivity index (χ4n) is 3.63. The zero-order chi connectivity index (χ0) is 20.1. The quantitative estimate of drug-likeness (QED) is 0.769.